The number of hydrogen-bond donors (Lipinski definition) is 1. The molecule has 0 spiro atoms. The molecule has 1 N–H and O–H groups in total. The van der Waals surface area contributed by atoms with Crippen molar-refractivity contribution in [3.8, 4) is 0 Å². The molecular formula is C15H18N2O5. The van der Waals surface area contributed by atoms with Crippen molar-refractivity contribution in [1.29, 1.82) is 0 Å². The van der Waals surface area contributed by atoms with Crippen LogP contribution in [-0.4, -0.2) is 46.0 Å². The average Bonchev–Trinajstić information content (AvgIpc) is 2.51. The molecule has 2 rings (SSSR count). The number of carboxylic acids is 1. The Bertz CT molecular complexity index is 600. The van der Waals surface area contributed by atoms with E-state index in [1.54, 1.807) is 11.8 Å². The predicted octanol–water partition coefficient (Wildman–Crippen LogP) is 1.01. The first-order valence-electron chi connectivity index (χ1n) is 7.16. The fourth-order valence-electron chi connectivity index (χ4n) is 2.45. The third-order valence-corrected chi connectivity index (χ3v) is 3.54. The van der Waals surface area contributed by atoms with Gasteiger partial charge in [0.05, 0.1) is 18.6 Å². The van der Waals surface area contributed by atoms with Gasteiger partial charge in [0.25, 0.3) is 0 Å². The number of esters is 1. The molecule has 0 fully saturated rings. The van der Waals surface area contributed by atoms with Crippen molar-refractivity contribution in [2.24, 2.45) is 0 Å². The molecule has 22 heavy (non-hydrogen) atoms. The van der Waals surface area contributed by atoms with Gasteiger partial charge in [0.2, 0.25) is 5.91 Å². The highest BCUT2D eigenvalue weighted by atomic mass is 16.5. The summed E-state index contributed by atoms with van der Waals surface area (Å²) in [6, 6.07) is 1.44. The Kier molecular flexibility index (Phi) is 5.08. The maximum Gasteiger partial charge on any atom is 0.336 e. The Morgan fingerprint density at radius 1 is 1.36 bits per heavy atom. The summed E-state index contributed by atoms with van der Waals surface area (Å²) in [6.07, 6.45) is 2.09. The first-order chi connectivity index (χ1) is 10.5. The average molecular weight is 306 g/mol. The Balaban J connectivity index is 2.03. The van der Waals surface area contributed by atoms with Crippen molar-refractivity contribution in [3.05, 3.63) is 29.1 Å². The van der Waals surface area contributed by atoms with Gasteiger partial charge < -0.3 is 14.7 Å². The maximum atomic E-state index is 12.1. The van der Waals surface area contributed by atoms with Crippen LogP contribution in [-0.2, 0) is 27.3 Å². The number of hydrogen-bond acceptors (Lipinski definition) is 5. The highest BCUT2D eigenvalue weighted by molar-refractivity contribution is 5.90. The summed E-state index contributed by atoms with van der Waals surface area (Å²) in [4.78, 5) is 40.4. The molecule has 0 atom stereocenters. The number of carboxylic acid groups (broad SMARTS) is 1. The highest BCUT2D eigenvalue weighted by Gasteiger charge is 2.25. The van der Waals surface area contributed by atoms with E-state index in [-0.39, 0.29) is 37.5 Å². The van der Waals surface area contributed by atoms with Crippen LogP contribution in [0.25, 0.3) is 0 Å². The number of nitrogens with zero attached hydrogens (tertiary/aromatic N) is 2. The number of ether oxygens (including phenoxy) is 1. The van der Waals surface area contributed by atoms with Gasteiger partial charge in [0.1, 0.15) is 0 Å². The summed E-state index contributed by atoms with van der Waals surface area (Å²) < 4.78 is 4.79. The quantitative estimate of drug-likeness (QED) is 0.815. The molecular weight excluding hydrogens is 288 g/mol. The van der Waals surface area contributed by atoms with Crippen LogP contribution in [0.1, 0.15) is 41.4 Å². The van der Waals surface area contributed by atoms with E-state index in [2.05, 4.69) is 4.98 Å². The molecule has 0 unspecified atom stereocenters. The van der Waals surface area contributed by atoms with E-state index in [9.17, 15) is 19.5 Å². The van der Waals surface area contributed by atoms with Crippen molar-refractivity contribution >= 4 is 17.8 Å². The number of carbonyl (C=O) groups is 3. The normalized spacial score (nSPS) is 13.4. The van der Waals surface area contributed by atoms with Crippen molar-refractivity contribution in [2.75, 3.05) is 13.2 Å². The third-order valence-electron chi connectivity index (χ3n) is 3.54. The number of amides is 1. The number of pyridine rings is 1. The van der Waals surface area contributed by atoms with Gasteiger partial charge in [-0.2, -0.15) is 0 Å². The summed E-state index contributed by atoms with van der Waals surface area (Å²) >= 11 is 0. The largest absolute Gasteiger partial charge is 0.478 e. The van der Waals surface area contributed by atoms with E-state index in [0.29, 0.717) is 24.2 Å². The standard InChI is InChI=1S/C15H18N2O5/c1-2-22-14(19)4-3-13(18)17-8-6-12-11(9-17)10(15(20)21)5-7-16-12/h5,7H,2-4,6,8-9H2,1H3,(H,20,21). The Morgan fingerprint density at radius 3 is 2.82 bits per heavy atom. The van der Waals surface area contributed by atoms with Crippen LogP contribution in [0.15, 0.2) is 12.3 Å². The predicted molar refractivity (Wildman–Crippen MR) is 76.2 cm³/mol. The number of aromatic carboxylic acids is 1. The lowest BCUT2D eigenvalue weighted by molar-refractivity contribution is -0.145. The van der Waals surface area contributed by atoms with Crippen molar-refractivity contribution in [2.45, 2.75) is 32.7 Å². The van der Waals surface area contributed by atoms with E-state index in [4.69, 9.17) is 4.74 Å². The number of rotatable bonds is 5. The Labute approximate surface area is 127 Å². The minimum atomic E-state index is -1.03. The van der Waals surface area contributed by atoms with Gasteiger partial charge in [-0.25, -0.2) is 4.79 Å². The van der Waals surface area contributed by atoms with E-state index in [0.717, 1.165) is 0 Å². The summed E-state index contributed by atoms with van der Waals surface area (Å²) in [5.41, 5.74) is 1.47. The van der Waals surface area contributed by atoms with Gasteiger partial charge in [0.15, 0.2) is 0 Å². The van der Waals surface area contributed by atoms with Crippen LogP contribution in [0, 0.1) is 0 Å². The topological polar surface area (TPSA) is 96.8 Å². The van der Waals surface area contributed by atoms with E-state index in [1.165, 1.54) is 12.3 Å². The van der Waals surface area contributed by atoms with Gasteiger partial charge in [-0.15, -0.1) is 0 Å². The number of fused-ring (bicyclic) bond motifs is 1. The second-order valence-corrected chi connectivity index (χ2v) is 4.96. The van der Waals surface area contributed by atoms with Gasteiger partial charge >= 0.3 is 11.9 Å². The second-order valence-electron chi connectivity index (χ2n) is 4.96. The molecule has 7 nitrogen and oxygen atoms in total. The molecule has 1 aliphatic rings. The Hall–Kier alpha value is -2.44. The van der Waals surface area contributed by atoms with Gasteiger partial charge in [-0.3, -0.25) is 14.6 Å². The molecule has 0 radical (unpaired) electrons. The molecule has 7 heteroatoms. The molecule has 0 aromatic carbocycles. The number of aromatic nitrogens is 1. The monoisotopic (exact) mass is 306 g/mol. The molecule has 1 amide bonds. The molecule has 0 bridgehead atoms. The summed E-state index contributed by atoms with van der Waals surface area (Å²) in [5.74, 6) is -1.61. The third kappa shape index (κ3) is 3.60. The van der Waals surface area contributed by atoms with E-state index >= 15 is 0 Å². The molecule has 2 heterocycles. The lowest BCUT2D eigenvalue weighted by Crippen LogP contribution is -2.37. The van der Waals surface area contributed by atoms with Gasteiger partial charge in [0, 0.05) is 43.4 Å². The molecule has 1 aromatic heterocycles. The molecule has 0 aliphatic carbocycles. The Morgan fingerprint density at radius 2 is 2.14 bits per heavy atom. The van der Waals surface area contributed by atoms with Crippen molar-refractivity contribution in [1.82, 2.24) is 9.88 Å². The molecule has 0 saturated carbocycles. The smallest absolute Gasteiger partial charge is 0.336 e. The maximum absolute atomic E-state index is 12.1. The van der Waals surface area contributed by atoms with Crippen LogP contribution >= 0.6 is 0 Å². The zero-order chi connectivity index (χ0) is 16.1. The fraction of sp³-hybridized carbons (Fsp3) is 0.467. The summed E-state index contributed by atoms with van der Waals surface area (Å²) in [6.45, 7) is 2.69. The number of carbonyl (C=O) groups excluding carboxylic acids is 2. The second kappa shape index (κ2) is 7.02. The molecule has 118 valence electrons. The van der Waals surface area contributed by atoms with Crippen LogP contribution in [0.4, 0.5) is 0 Å². The first-order valence-corrected chi connectivity index (χ1v) is 7.16. The van der Waals surface area contributed by atoms with Crippen molar-refractivity contribution in [3.63, 3.8) is 0 Å². The van der Waals surface area contributed by atoms with Crippen LogP contribution < -0.4 is 0 Å². The summed E-state index contributed by atoms with van der Waals surface area (Å²) in [7, 11) is 0. The van der Waals surface area contributed by atoms with E-state index in [1.807, 2.05) is 0 Å². The lowest BCUT2D eigenvalue weighted by atomic mass is 10.00. The minimum absolute atomic E-state index is 0.0366. The van der Waals surface area contributed by atoms with Gasteiger partial charge in [-0.05, 0) is 13.0 Å². The van der Waals surface area contributed by atoms with Crippen LogP contribution in [0.3, 0.4) is 0 Å². The van der Waals surface area contributed by atoms with Crippen LogP contribution in [0.5, 0.6) is 0 Å². The van der Waals surface area contributed by atoms with Gasteiger partial charge in [-0.1, -0.05) is 0 Å². The zero-order valence-electron chi connectivity index (χ0n) is 12.4. The minimum Gasteiger partial charge on any atom is -0.478 e. The van der Waals surface area contributed by atoms with E-state index < -0.39 is 11.9 Å². The molecule has 0 saturated heterocycles. The lowest BCUT2D eigenvalue weighted by Gasteiger charge is -2.29. The van der Waals surface area contributed by atoms with Crippen molar-refractivity contribution < 1.29 is 24.2 Å². The SMILES string of the molecule is CCOC(=O)CCC(=O)N1CCc2nccc(C(=O)O)c2C1. The first kappa shape index (κ1) is 15.9. The summed E-state index contributed by atoms with van der Waals surface area (Å²) in [5, 5.41) is 9.21. The fourth-order valence-corrected chi connectivity index (χ4v) is 2.45. The highest BCUT2D eigenvalue weighted by Crippen LogP contribution is 2.21. The molecule has 1 aliphatic heterocycles. The van der Waals surface area contributed by atoms with Crippen LogP contribution in [0.2, 0.25) is 0 Å². The molecule has 1 aromatic rings. The zero-order valence-corrected chi connectivity index (χ0v) is 12.4.